The maximum absolute atomic E-state index is 14.5. The van der Waals surface area contributed by atoms with Gasteiger partial charge in [-0.3, -0.25) is 0 Å². The van der Waals surface area contributed by atoms with Gasteiger partial charge in [0.25, 0.3) is 0 Å². The fraction of sp³-hybridized carbons (Fsp3) is 1.00. The fourth-order valence-electron chi connectivity index (χ4n) is 2.27. The fourth-order valence-corrected chi connectivity index (χ4v) is 2.27. The Hall–Kier alpha value is -0.150. The molecule has 2 unspecified atom stereocenters. The van der Waals surface area contributed by atoms with Gasteiger partial charge in [-0.15, -0.1) is 0 Å². The van der Waals surface area contributed by atoms with Gasteiger partial charge in [-0.2, -0.15) is 0 Å². The summed E-state index contributed by atoms with van der Waals surface area (Å²) < 4.78 is 20.1. The van der Waals surface area contributed by atoms with Crippen molar-refractivity contribution in [3.05, 3.63) is 0 Å². The third-order valence-corrected chi connectivity index (χ3v) is 3.79. The summed E-state index contributed by atoms with van der Waals surface area (Å²) in [4.78, 5) is 0. The van der Waals surface area contributed by atoms with E-state index in [1.807, 2.05) is 20.8 Å². The minimum absolute atomic E-state index is 0.113. The molecule has 0 amide bonds. The smallest absolute Gasteiger partial charge is 0.128 e. The van der Waals surface area contributed by atoms with E-state index in [2.05, 4.69) is 0 Å². The van der Waals surface area contributed by atoms with Gasteiger partial charge in [0.1, 0.15) is 5.67 Å². The lowest BCUT2D eigenvalue weighted by Crippen LogP contribution is -2.45. The molecule has 0 aromatic heterocycles. The van der Waals surface area contributed by atoms with Gasteiger partial charge in [0.05, 0.1) is 6.10 Å². The highest BCUT2D eigenvalue weighted by Crippen LogP contribution is 2.37. The Morgan fingerprint density at radius 3 is 2.50 bits per heavy atom. The van der Waals surface area contributed by atoms with Crippen molar-refractivity contribution in [2.24, 2.45) is 11.1 Å². The second-order valence-corrected chi connectivity index (χ2v) is 5.95. The largest absolute Gasteiger partial charge is 0.378 e. The highest BCUT2D eigenvalue weighted by Gasteiger charge is 2.40. The molecular weight excluding hydrogens is 205 g/mol. The lowest BCUT2D eigenvalue weighted by atomic mass is 9.75. The van der Waals surface area contributed by atoms with Gasteiger partial charge in [0.2, 0.25) is 0 Å². The molecule has 2 nitrogen and oxygen atoms in total. The second kappa shape index (κ2) is 5.46. The molecular formula is C13H26FNO. The molecule has 0 radical (unpaired) electrons. The van der Waals surface area contributed by atoms with Crippen LogP contribution in [-0.4, -0.2) is 24.9 Å². The summed E-state index contributed by atoms with van der Waals surface area (Å²) in [6.07, 6.45) is 5.05. The minimum atomic E-state index is -1.24. The predicted molar refractivity (Wildman–Crippen MR) is 65.2 cm³/mol. The third kappa shape index (κ3) is 3.42. The summed E-state index contributed by atoms with van der Waals surface area (Å²) in [6, 6.07) is 0. The van der Waals surface area contributed by atoms with Gasteiger partial charge >= 0.3 is 0 Å². The number of rotatable bonds is 5. The summed E-state index contributed by atoms with van der Waals surface area (Å²) in [6.45, 7) is 6.76. The Balaban J connectivity index is 2.33. The molecule has 1 aliphatic heterocycles. The zero-order valence-corrected chi connectivity index (χ0v) is 10.9. The van der Waals surface area contributed by atoms with Crippen molar-refractivity contribution in [3.8, 4) is 0 Å². The molecule has 0 bridgehead atoms. The standard InChI is InChI=1S/C13H26FNO/c1-12(2,3)13(14,10-15)8-4-6-11-7-5-9-16-11/h11H,4-10,15H2,1-3H3. The number of hydrogen-bond donors (Lipinski definition) is 1. The molecule has 1 heterocycles. The molecule has 1 aliphatic rings. The first-order valence-corrected chi connectivity index (χ1v) is 6.40. The van der Waals surface area contributed by atoms with Gasteiger partial charge in [-0.1, -0.05) is 20.8 Å². The minimum Gasteiger partial charge on any atom is -0.378 e. The van der Waals surface area contributed by atoms with E-state index in [0.717, 1.165) is 32.3 Å². The number of halogens is 1. The van der Waals surface area contributed by atoms with Crippen LogP contribution < -0.4 is 5.73 Å². The molecule has 1 saturated heterocycles. The molecule has 96 valence electrons. The monoisotopic (exact) mass is 231 g/mol. The van der Waals surface area contributed by atoms with Crippen LogP contribution in [0.4, 0.5) is 4.39 Å². The molecule has 2 atom stereocenters. The summed E-state index contributed by atoms with van der Waals surface area (Å²) in [5.74, 6) is 0. The maximum Gasteiger partial charge on any atom is 0.128 e. The lowest BCUT2D eigenvalue weighted by Gasteiger charge is -2.37. The van der Waals surface area contributed by atoms with Crippen LogP contribution in [0.2, 0.25) is 0 Å². The molecule has 0 aliphatic carbocycles. The molecule has 0 aromatic carbocycles. The number of nitrogens with two attached hydrogens (primary N) is 1. The summed E-state index contributed by atoms with van der Waals surface area (Å²) >= 11 is 0. The Bertz CT molecular complexity index is 208. The average Bonchev–Trinajstić information content (AvgIpc) is 2.68. The zero-order valence-electron chi connectivity index (χ0n) is 10.9. The maximum atomic E-state index is 14.5. The van der Waals surface area contributed by atoms with Crippen LogP contribution in [0.25, 0.3) is 0 Å². The Morgan fingerprint density at radius 2 is 2.06 bits per heavy atom. The van der Waals surface area contributed by atoms with E-state index in [-0.39, 0.29) is 12.0 Å². The molecule has 3 heteroatoms. The SMILES string of the molecule is CC(C)(C)C(F)(CN)CCCC1CCCO1. The summed E-state index contributed by atoms with van der Waals surface area (Å²) in [7, 11) is 0. The van der Waals surface area contributed by atoms with Crippen molar-refractivity contribution in [1.29, 1.82) is 0 Å². The van der Waals surface area contributed by atoms with Crippen LogP contribution in [0.1, 0.15) is 52.9 Å². The predicted octanol–water partition coefficient (Wildman–Crippen LogP) is 3.05. The van der Waals surface area contributed by atoms with Crippen molar-refractivity contribution in [2.75, 3.05) is 13.2 Å². The molecule has 0 aromatic rings. The van der Waals surface area contributed by atoms with Crippen molar-refractivity contribution in [2.45, 2.75) is 64.6 Å². The van der Waals surface area contributed by atoms with Crippen molar-refractivity contribution >= 4 is 0 Å². The molecule has 2 N–H and O–H groups in total. The third-order valence-electron chi connectivity index (χ3n) is 3.79. The number of ether oxygens (including phenoxy) is 1. The van der Waals surface area contributed by atoms with Crippen LogP contribution >= 0.6 is 0 Å². The van der Waals surface area contributed by atoms with Crippen molar-refractivity contribution in [3.63, 3.8) is 0 Å². The van der Waals surface area contributed by atoms with Gasteiger partial charge in [-0.25, -0.2) is 4.39 Å². The van der Waals surface area contributed by atoms with Gasteiger partial charge < -0.3 is 10.5 Å². The summed E-state index contributed by atoms with van der Waals surface area (Å²) in [5.41, 5.74) is 3.96. The average molecular weight is 231 g/mol. The number of hydrogen-bond acceptors (Lipinski definition) is 2. The van der Waals surface area contributed by atoms with E-state index in [1.165, 1.54) is 0 Å². The number of alkyl halides is 1. The summed E-state index contributed by atoms with van der Waals surface area (Å²) in [5, 5.41) is 0. The first-order chi connectivity index (χ1) is 7.39. The molecule has 1 rings (SSSR count). The lowest BCUT2D eigenvalue weighted by molar-refractivity contribution is 0.0212. The van der Waals surface area contributed by atoms with Gasteiger partial charge in [0.15, 0.2) is 0 Å². The van der Waals surface area contributed by atoms with Crippen LogP contribution in [-0.2, 0) is 4.74 Å². The van der Waals surface area contributed by atoms with E-state index < -0.39 is 5.67 Å². The Labute approximate surface area is 98.7 Å². The van der Waals surface area contributed by atoms with Crippen LogP contribution in [0, 0.1) is 5.41 Å². The molecule has 1 fully saturated rings. The van der Waals surface area contributed by atoms with Crippen LogP contribution in [0.3, 0.4) is 0 Å². The Morgan fingerprint density at radius 1 is 1.38 bits per heavy atom. The van der Waals surface area contributed by atoms with Crippen molar-refractivity contribution < 1.29 is 9.13 Å². The quantitative estimate of drug-likeness (QED) is 0.789. The van der Waals surface area contributed by atoms with E-state index in [4.69, 9.17) is 10.5 Å². The van der Waals surface area contributed by atoms with E-state index in [9.17, 15) is 4.39 Å². The second-order valence-electron chi connectivity index (χ2n) is 5.95. The topological polar surface area (TPSA) is 35.2 Å². The van der Waals surface area contributed by atoms with E-state index >= 15 is 0 Å². The van der Waals surface area contributed by atoms with Gasteiger partial charge in [-0.05, 0) is 37.5 Å². The van der Waals surface area contributed by atoms with Gasteiger partial charge in [0, 0.05) is 13.2 Å². The van der Waals surface area contributed by atoms with Crippen LogP contribution in [0.15, 0.2) is 0 Å². The Kier molecular flexibility index (Phi) is 4.74. The van der Waals surface area contributed by atoms with Crippen LogP contribution in [0.5, 0.6) is 0 Å². The molecule has 0 spiro atoms. The first-order valence-electron chi connectivity index (χ1n) is 6.40. The highest BCUT2D eigenvalue weighted by atomic mass is 19.1. The molecule has 0 saturated carbocycles. The zero-order chi connectivity index (χ0) is 12.2. The first kappa shape index (κ1) is 13.9. The highest BCUT2D eigenvalue weighted by molar-refractivity contribution is 4.92. The van der Waals surface area contributed by atoms with E-state index in [0.29, 0.717) is 12.5 Å². The van der Waals surface area contributed by atoms with Crippen molar-refractivity contribution in [1.82, 2.24) is 0 Å². The normalized spacial score (nSPS) is 25.7. The molecule has 16 heavy (non-hydrogen) atoms. The van der Waals surface area contributed by atoms with E-state index in [1.54, 1.807) is 0 Å².